The first-order valence-electron chi connectivity index (χ1n) is 18.8. The number of hydrogen-bond donors (Lipinski definition) is 4. The fourth-order valence-electron chi connectivity index (χ4n) is 8.08. The van der Waals surface area contributed by atoms with Gasteiger partial charge in [0.05, 0.1) is 31.0 Å². The van der Waals surface area contributed by atoms with Crippen LogP contribution in [0.1, 0.15) is 87.1 Å². The van der Waals surface area contributed by atoms with Gasteiger partial charge in [0.15, 0.2) is 12.1 Å². The average molecular weight is 760 g/mol. The van der Waals surface area contributed by atoms with Crippen molar-refractivity contribution >= 4 is 23.4 Å². The predicted octanol–water partition coefficient (Wildman–Crippen LogP) is 4.74. The van der Waals surface area contributed by atoms with Gasteiger partial charge in [-0.1, -0.05) is 59.7 Å². The minimum atomic E-state index is -3.25. The summed E-state index contributed by atoms with van der Waals surface area (Å²) in [6.45, 7) is 13.4. The molecule has 2 aliphatic heterocycles. The Morgan fingerprint density at radius 1 is 1.00 bits per heavy atom. The minimum Gasteiger partial charge on any atom is -0.464 e. The smallest absolute Gasteiger partial charge is 0.351 e. The number of cyclic esters (lactones) is 1. The number of carbonyl (C=O) groups is 4. The fraction of sp³-hybridized carbons (Fsp3) is 0.659. The molecule has 3 heterocycles. The molecule has 4 rings (SSSR count). The van der Waals surface area contributed by atoms with Crippen LogP contribution in [-0.2, 0) is 39.8 Å². The molecule has 2 aromatic rings. The first kappa shape index (κ1) is 43.2. The second-order valence-electron chi connectivity index (χ2n) is 16.6. The van der Waals surface area contributed by atoms with Gasteiger partial charge in [-0.15, -0.1) is 0 Å². The molecule has 4 unspecified atom stereocenters. The average Bonchev–Trinajstić information content (AvgIpc) is 3.65. The summed E-state index contributed by atoms with van der Waals surface area (Å²) in [5.74, 6) is -6.39. The number of furan rings is 1. The molecule has 0 aliphatic carbocycles. The van der Waals surface area contributed by atoms with E-state index in [2.05, 4.69) is 5.32 Å². The van der Waals surface area contributed by atoms with Crippen LogP contribution in [0.4, 0.5) is 4.39 Å². The van der Waals surface area contributed by atoms with E-state index in [-0.39, 0.29) is 37.8 Å². The number of benzene rings is 1. The molecule has 2 fully saturated rings. The number of rotatable bonds is 8. The molecule has 12 nitrogen and oxygen atoms in total. The highest BCUT2D eigenvalue weighted by atomic mass is 19.1. The number of alkyl halides is 1. The molecule has 0 bridgehead atoms. The maximum atomic E-state index is 16.6. The lowest BCUT2D eigenvalue weighted by Gasteiger charge is -2.45. The van der Waals surface area contributed by atoms with Gasteiger partial charge in [-0.05, 0) is 68.7 Å². The van der Waals surface area contributed by atoms with Crippen molar-refractivity contribution < 1.29 is 57.5 Å². The molecule has 1 amide bonds. The predicted molar refractivity (Wildman–Crippen MR) is 196 cm³/mol. The molecular weight excluding hydrogens is 701 g/mol. The van der Waals surface area contributed by atoms with E-state index >= 15 is 4.39 Å². The highest BCUT2D eigenvalue weighted by molar-refractivity contribution is 6.07. The van der Waals surface area contributed by atoms with Gasteiger partial charge in [-0.2, -0.15) is 0 Å². The maximum Gasteiger partial charge on any atom is 0.351 e. The standard InChI is InChI=1S/C41H58FNO11/c1-22-18-24(3)52-37(33(22)46)54-36-26(5)34(47)40(8,42)38(49)53-30(41(9,50)35(48)25(4)32(45)23(2)21-39(36,6)7)15-16-43-31(44)20-27-12-10-13-28(19-27)29-14-11-17-51-29/h10-14,17,19,22-26,30,33,35-37,46,48,50H,15-16,18,20-21H2,1-9H3,(H,43,44)/t22?,23-,24?,25+,26+,30-,33?,35-,36-,37?,40+,41-/m1/s1. The normalized spacial score (nSPS) is 36.9. The molecule has 0 spiro atoms. The van der Waals surface area contributed by atoms with Gasteiger partial charge >= 0.3 is 5.97 Å². The molecule has 4 N–H and O–H groups in total. The highest BCUT2D eigenvalue weighted by Crippen LogP contribution is 2.42. The zero-order valence-corrected chi connectivity index (χ0v) is 32.8. The van der Waals surface area contributed by atoms with E-state index in [4.69, 9.17) is 18.6 Å². The summed E-state index contributed by atoms with van der Waals surface area (Å²) in [5, 5.41) is 36.9. The zero-order chi connectivity index (χ0) is 40.3. The third kappa shape index (κ3) is 9.65. The van der Waals surface area contributed by atoms with Gasteiger partial charge in [-0.25, -0.2) is 9.18 Å². The number of aliphatic hydroxyl groups is 3. The molecule has 2 aliphatic rings. The van der Waals surface area contributed by atoms with E-state index in [1.165, 1.54) is 20.8 Å². The number of carbonyl (C=O) groups excluding carboxylic acids is 4. The summed E-state index contributed by atoms with van der Waals surface area (Å²) in [6, 6.07) is 10.8. The number of halogens is 1. The SMILES string of the molecule is CC1CC(C)C(O)C(O[C@@H]2[C@@H](C)C(=O)[C@](C)(F)C(=O)O[C@H](CCNC(=O)Cc3cccc(-c4ccco4)c3)[C@@](C)(O)[C@H](O)[C@@H](C)C(=O)[C@H](C)CC2(C)C)O1. The number of hydrogen-bond acceptors (Lipinski definition) is 11. The lowest BCUT2D eigenvalue weighted by atomic mass is 9.69. The molecule has 13 heteroatoms. The van der Waals surface area contributed by atoms with Crippen LogP contribution in [0.15, 0.2) is 47.1 Å². The summed E-state index contributed by atoms with van der Waals surface area (Å²) >= 11 is 0. The molecule has 0 saturated carbocycles. The number of aliphatic hydroxyl groups excluding tert-OH is 2. The van der Waals surface area contributed by atoms with Crippen molar-refractivity contribution in [2.75, 3.05) is 6.54 Å². The van der Waals surface area contributed by atoms with E-state index < -0.39 is 88.6 Å². The molecule has 54 heavy (non-hydrogen) atoms. The number of ether oxygens (including phenoxy) is 3. The van der Waals surface area contributed by atoms with Crippen molar-refractivity contribution in [3.05, 3.63) is 48.2 Å². The monoisotopic (exact) mass is 759 g/mol. The third-order valence-corrected chi connectivity index (χ3v) is 11.3. The van der Waals surface area contributed by atoms with Gasteiger partial charge < -0.3 is 39.3 Å². The Morgan fingerprint density at radius 2 is 1.69 bits per heavy atom. The second-order valence-corrected chi connectivity index (χ2v) is 16.6. The van der Waals surface area contributed by atoms with Crippen molar-refractivity contribution in [1.29, 1.82) is 0 Å². The van der Waals surface area contributed by atoms with Gasteiger partial charge in [-0.3, -0.25) is 14.4 Å². The molecule has 0 radical (unpaired) electrons. The van der Waals surface area contributed by atoms with Crippen molar-refractivity contribution in [2.45, 2.75) is 136 Å². The van der Waals surface area contributed by atoms with Crippen LogP contribution in [0.2, 0.25) is 0 Å². The third-order valence-electron chi connectivity index (χ3n) is 11.3. The van der Waals surface area contributed by atoms with Crippen LogP contribution in [-0.4, -0.2) is 93.4 Å². The van der Waals surface area contributed by atoms with Crippen LogP contribution in [0, 0.1) is 29.1 Å². The van der Waals surface area contributed by atoms with Gasteiger partial charge in [0.25, 0.3) is 5.67 Å². The van der Waals surface area contributed by atoms with Gasteiger partial charge in [0.1, 0.15) is 29.4 Å². The van der Waals surface area contributed by atoms with Crippen LogP contribution in [0.25, 0.3) is 11.3 Å². The Bertz CT molecular complexity index is 1620. The Morgan fingerprint density at radius 3 is 2.33 bits per heavy atom. The zero-order valence-electron chi connectivity index (χ0n) is 32.8. The van der Waals surface area contributed by atoms with Crippen molar-refractivity contribution in [3.63, 3.8) is 0 Å². The molecule has 1 aromatic heterocycles. The lowest BCUT2D eigenvalue weighted by Crippen LogP contribution is -2.59. The minimum absolute atomic E-state index is 0.0171. The number of ketones is 2. The van der Waals surface area contributed by atoms with Crippen LogP contribution in [0.3, 0.4) is 0 Å². The van der Waals surface area contributed by atoms with E-state index in [0.29, 0.717) is 17.7 Å². The Hall–Kier alpha value is -3.49. The molecule has 12 atom stereocenters. The summed E-state index contributed by atoms with van der Waals surface area (Å²) in [6.07, 6.45) is -5.19. The summed E-state index contributed by atoms with van der Waals surface area (Å²) in [7, 11) is 0. The first-order valence-corrected chi connectivity index (χ1v) is 18.8. The van der Waals surface area contributed by atoms with Crippen LogP contribution in [0.5, 0.6) is 0 Å². The number of Topliss-reactive ketones (excluding diaryl/α,β-unsaturated/α-hetero) is 2. The van der Waals surface area contributed by atoms with Gasteiger partial charge in [0.2, 0.25) is 5.91 Å². The van der Waals surface area contributed by atoms with E-state index in [9.17, 15) is 34.5 Å². The Labute approximate surface area is 317 Å². The van der Waals surface area contributed by atoms with Crippen molar-refractivity contribution in [1.82, 2.24) is 5.32 Å². The number of esters is 1. The van der Waals surface area contributed by atoms with E-state index in [1.807, 2.05) is 19.9 Å². The summed E-state index contributed by atoms with van der Waals surface area (Å²) in [5.41, 5.74) is -5.12. The fourth-order valence-corrected chi connectivity index (χ4v) is 8.08. The van der Waals surface area contributed by atoms with E-state index in [1.54, 1.807) is 57.4 Å². The number of amides is 1. The van der Waals surface area contributed by atoms with Crippen molar-refractivity contribution in [3.8, 4) is 11.3 Å². The highest BCUT2D eigenvalue weighted by Gasteiger charge is 2.55. The maximum absolute atomic E-state index is 16.6. The van der Waals surface area contributed by atoms with Crippen LogP contribution >= 0.6 is 0 Å². The second kappa shape index (κ2) is 17.1. The number of nitrogens with one attached hydrogen (secondary N) is 1. The largest absolute Gasteiger partial charge is 0.464 e. The topological polar surface area (TPSA) is 182 Å². The molecule has 1 aromatic carbocycles. The molecule has 2 saturated heterocycles. The lowest BCUT2D eigenvalue weighted by molar-refractivity contribution is -0.284. The molecular formula is C41H58FNO11. The Kier molecular flexibility index (Phi) is 13.7. The summed E-state index contributed by atoms with van der Waals surface area (Å²) in [4.78, 5) is 54.5. The first-order chi connectivity index (χ1) is 25.1. The van der Waals surface area contributed by atoms with Gasteiger partial charge in [0, 0.05) is 36.3 Å². The van der Waals surface area contributed by atoms with Crippen molar-refractivity contribution in [2.24, 2.45) is 29.1 Å². The molecule has 300 valence electrons. The Balaban J connectivity index is 1.60. The summed E-state index contributed by atoms with van der Waals surface area (Å²) < 4.78 is 39.9. The van der Waals surface area contributed by atoms with Crippen LogP contribution < -0.4 is 5.32 Å². The quantitative estimate of drug-likeness (QED) is 0.216. The van der Waals surface area contributed by atoms with E-state index in [0.717, 1.165) is 12.5 Å².